The van der Waals surface area contributed by atoms with Crippen LogP contribution < -0.4 is 16.0 Å². The van der Waals surface area contributed by atoms with Gasteiger partial charge in [0.1, 0.15) is 5.82 Å². The lowest BCUT2D eigenvalue weighted by Gasteiger charge is -2.16. The summed E-state index contributed by atoms with van der Waals surface area (Å²) in [6.45, 7) is 7.69. The maximum absolute atomic E-state index is 11.9. The average Bonchev–Trinajstić information content (AvgIpc) is 2.50. The van der Waals surface area contributed by atoms with E-state index in [-0.39, 0.29) is 35.9 Å². The van der Waals surface area contributed by atoms with Crippen LogP contribution in [0.3, 0.4) is 0 Å². The molecule has 8 heteroatoms. The number of hydrogen-bond acceptors (Lipinski definition) is 4. The Hall–Kier alpha value is -1.42. The molecule has 0 aliphatic carbocycles. The summed E-state index contributed by atoms with van der Waals surface area (Å²) < 4.78 is 5.08. The van der Waals surface area contributed by atoms with Crippen LogP contribution in [0.5, 0.6) is 0 Å². The number of amides is 1. The van der Waals surface area contributed by atoms with Crippen molar-refractivity contribution in [3.63, 3.8) is 0 Å². The van der Waals surface area contributed by atoms with Crippen molar-refractivity contribution < 1.29 is 9.53 Å². The van der Waals surface area contributed by atoms with Crippen molar-refractivity contribution in [2.75, 3.05) is 32.1 Å². The Bertz CT molecular complexity index is 508. The van der Waals surface area contributed by atoms with Crippen LogP contribution in [0, 0.1) is 6.92 Å². The number of ether oxygens (including phenoxy) is 1. The SMILES string of the molecule is CCNC(=NCCC(=O)Nc1ccc(C)cn1)NC(C)COC.I. The molecule has 0 bridgehead atoms. The van der Waals surface area contributed by atoms with Crippen molar-refractivity contribution in [3.05, 3.63) is 23.9 Å². The van der Waals surface area contributed by atoms with Crippen LogP contribution >= 0.6 is 24.0 Å². The second-order valence-electron chi connectivity index (χ2n) is 5.28. The number of halogens is 1. The summed E-state index contributed by atoms with van der Waals surface area (Å²) >= 11 is 0. The highest BCUT2D eigenvalue weighted by molar-refractivity contribution is 14.0. The number of hydrogen-bond donors (Lipinski definition) is 3. The molecule has 0 aliphatic rings. The quantitative estimate of drug-likeness (QED) is 0.321. The van der Waals surface area contributed by atoms with E-state index >= 15 is 0 Å². The minimum absolute atomic E-state index is 0. The number of aromatic nitrogens is 1. The molecule has 1 atom stereocenters. The largest absolute Gasteiger partial charge is 0.383 e. The Labute approximate surface area is 161 Å². The zero-order valence-electron chi connectivity index (χ0n) is 14.8. The van der Waals surface area contributed by atoms with E-state index < -0.39 is 0 Å². The number of aliphatic imine (C=N–C) groups is 1. The molecule has 1 amide bonds. The van der Waals surface area contributed by atoms with Crippen LogP contribution in [0.2, 0.25) is 0 Å². The number of nitrogens with zero attached hydrogens (tertiary/aromatic N) is 2. The number of rotatable bonds is 8. The number of guanidine groups is 1. The van der Waals surface area contributed by atoms with Gasteiger partial charge in [-0.2, -0.15) is 0 Å². The molecule has 0 saturated carbocycles. The van der Waals surface area contributed by atoms with E-state index in [1.807, 2.05) is 26.8 Å². The molecule has 3 N–H and O–H groups in total. The fourth-order valence-electron chi connectivity index (χ4n) is 1.86. The Kier molecular flexibility index (Phi) is 12.2. The summed E-state index contributed by atoms with van der Waals surface area (Å²) in [6, 6.07) is 3.84. The first-order valence-electron chi connectivity index (χ1n) is 7.81. The van der Waals surface area contributed by atoms with Crippen LogP contribution in [-0.4, -0.2) is 49.7 Å². The summed E-state index contributed by atoms with van der Waals surface area (Å²) in [5, 5.41) is 9.11. The monoisotopic (exact) mass is 449 g/mol. The number of methoxy groups -OCH3 is 1. The molecule has 1 heterocycles. The van der Waals surface area contributed by atoms with Crippen LogP contribution in [0.1, 0.15) is 25.8 Å². The van der Waals surface area contributed by atoms with Crippen LogP contribution in [-0.2, 0) is 9.53 Å². The van der Waals surface area contributed by atoms with E-state index in [1.165, 1.54) is 0 Å². The minimum atomic E-state index is -0.106. The number of nitrogens with one attached hydrogen (secondary N) is 3. The molecule has 0 spiro atoms. The molecule has 0 aliphatic heterocycles. The Morgan fingerprint density at radius 3 is 2.75 bits per heavy atom. The first-order chi connectivity index (χ1) is 11.0. The molecular formula is C16H28IN5O2. The van der Waals surface area contributed by atoms with Gasteiger partial charge in [0.15, 0.2) is 5.96 Å². The normalized spacial score (nSPS) is 12.1. The summed E-state index contributed by atoms with van der Waals surface area (Å²) in [5.74, 6) is 1.13. The highest BCUT2D eigenvalue weighted by Crippen LogP contribution is 2.04. The Morgan fingerprint density at radius 2 is 2.17 bits per heavy atom. The summed E-state index contributed by atoms with van der Waals surface area (Å²) in [4.78, 5) is 20.4. The third kappa shape index (κ3) is 9.66. The lowest BCUT2D eigenvalue weighted by atomic mass is 10.3. The standard InChI is InChI=1S/C16H27N5O2.HI/c1-5-17-16(20-13(3)11-23-4)18-9-8-15(22)21-14-7-6-12(2)10-19-14;/h6-7,10,13H,5,8-9,11H2,1-4H3,(H2,17,18,20)(H,19,21,22);1H. The van der Waals surface area contributed by atoms with Gasteiger partial charge in [-0.1, -0.05) is 6.07 Å². The molecule has 1 rings (SSSR count). The van der Waals surface area contributed by atoms with Gasteiger partial charge in [0.2, 0.25) is 5.91 Å². The molecule has 1 unspecified atom stereocenters. The molecule has 0 radical (unpaired) electrons. The zero-order valence-corrected chi connectivity index (χ0v) is 17.1. The number of anilines is 1. The first-order valence-corrected chi connectivity index (χ1v) is 7.81. The van der Waals surface area contributed by atoms with Crippen molar-refractivity contribution in [1.82, 2.24) is 15.6 Å². The topological polar surface area (TPSA) is 87.6 Å². The van der Waals surface area contributed by atoms with Crippen molar-refractivity contribution in [3.8, 4) is 0 Å². The van der Waals surface area contributed by atoms with Gasteiger partial charge in [-0.05, 0) is 32.4 Å². The van der Waals surface area contributed by atoms with E-state index in [4.69, 9.17) is 4.74 Å². The fourth-order valence-corrected chi connectivity index (χ4v) is 1.86. The lowest BCUT2D eigenvalue weighted by Crippen LogP contribution is -2.44. The van der Waals surface area contributed by atoms with Gasteiger partial charge in [0, 0.05) is 32.3 Å². The van der Waals surface area contributed by atoms with Crippen molar-refractivity contribution in [2.45, 2.75) is 33.2 Å². The summed E-state index contributed by atoms with van der Waals surface area (Å²) in [5.41, 5.74) is 1.05. The maximum atomic E-state index is 11.9. The van der Waals surface area contributed by atoms with Gasteiger partial charge < -0.3 is 20.7 Å². The highest BCUT2D eigenvalue weighted by atomic mass is 127. The highest BCUT2D eigenvalue weighted by Gasteiger charge is 2.06. The second kappa shape index (κ2) is 12.9. The van der Waals surface area contributed by atoms with Gasteiger partial charge in [-0.25, -0.2) is 4.98 Å². The van der Waals surface area contributed by atoms with Gasteiger partial charge in [0.05, 0.1) is 13.2 Å². The number of carbonyl (C=O) groups is 1. The molecule has 1 aromatic heterocycles. The van der Waals surface area contributed by atoms with Gasteiger partial charge >= 0.3 is 0 Å². The van der Waals surface area contributed by atoms with Gasteiger partial charge in [-0.3, -0.25) is 9.79 Å². The van der Waals surface area contributed by atoms with E-state index in [0.29, 0.717) is 31.3 Å². The fraction of sp³-hybridized carbons (Fsp3) is 0.562. The average molecular weight is 449 g/mol. The van der Waals surface area contributed by atoms with E-state index in [1.54, 1.807) is 19.4 Å². The smallest absolute Gasteiger partial charge is 0.227 e. The minimum Gasteiger partial charge on any atom is -0.383 e. The van der Waals surface area contributed by atoms with Crippen LogP contribution in [0.4, 0.5) is 5.82 Å². The van der Waals surface area contributed by atoms with E-state index in [2.05, 4.69) is 25.9 Å². The maximum Gasteiger partial charge on any atom is 0.227 e. The molecule has 136 valence electrons. The van der Waals surface area contributed by atoms with Crippen LogP contribution in [0.25, 0.3) is 0 Å². The first kappa shape index (κ1) is 22.6. The number of pyridine rings is 1. The van der Waals surface area contributed by atoms with Gasteiger partial charge in [-0.15, -0.1) is 24.0 Å². The second-order valence-corrected chi connectivity index (χ2v) is 5.28. The van der Waals surface area contributed by atoms with Crippen molar-refractivity contribution >= 4 is 41.7 Å². The number of carbonyl (C=O) groups excluding carboxylic acids is 1. The molecule has 0 fully saturated rings. The van der Waals surface area contributed by atoms with Crippen molar-refractivity contribution in [1.29, 1.82) is 0 Å². The lowest BCUT2D eigenvalue weighted by molar-refractivity contribution is -0.116. The van der Waals surface area contributed by atoms with E-state index in [9.17, 15) is 4.79 Å². The third-order valence-electron chi connectivity index (χ3n) is 2.93. The Morgan fingerprint density at radius 1 is 1.42 bits per heavy atom. The van der Waals surface area contributed by atoms with E-state index in [0.717, 1.165) is 12.1 Å². The molecule has 0 aromatic carbocycles. The third-order valence-corrected chi connectivity index (χ3v) is 2.93. The predicted molar refractivity (Wildman–Crippen MR) is 108 cm³/mol. The summed E-state index contributed by atoms with van der Waals surface area (Å²) in [7, 11) is 1.66. The predicted octanol–water partition coefficient (Wildman–Crippen LogP) is 1.93. The number of aryl methyl sites for hydroxylation is 1. The van der Waals surface area contributed by atoms with Gasteiger partial charge in [0.25, 0.3) is 0 Å². The van der Waals surface area contributed by atoms with Crippen molar-refractivity contribution in [2.24, 2.45) is 4.99 Å². The molecule has 7 nitrogen and oxygen atoms in total. The summed E-state index contributed by atoms with van der Waals surface area (Å²) in [6.07, 6.45) is 2.02. The Balaban J connectivity index is 0.00000529. The zero-order chi connectivity index (χ0) is 17.1. The van der Waals surface area contributed by atoms with Crippen LogP contribution in [0.15, 0.2) is 23.3 Å². The molecule has 0 saturated heterocycles. The molecule has 1 aromatic rings. The molecular weight excluding hydrogens is 421 g/mol. The molecule has 24 heavy (non-hydrogen) atoms.